The fraction of sp³-hybridized carbons (Fsp3) is 1.00. The molecule has 3 fully saturated rings. The van der Waals surface area contributed by atoms with Crippen LogP contribution in [0.4, 0.5) is 0 Å². The molecule has 1 spiro atoms. The molecule has 27 heavy (non-hydrogen) atoms. The van der Waals surface area contributed by atoms with Gasteiger partial charge < -0.3 is 0 Å². The molecule has 2 unspecified atom stereocenters. The average molecular weight is 422 g/mol. The van der Waals surface area contributed by atoms with Gasteiger partial charge in [0.05, 0.1) is 6.26 Å². The van der Waals surface area contributed by atoms with Crippen LogP contribution in [-0.2, 0) is 20.2 Å². The molecule has 0 aromatic rings. The molecule has 9 heteroatoms. The van der Waals surface area contributed by atoms with Crippen LogP contribution in [0.15, 0.2) is 0 Å². The van der Waals surface area contributed by atoms with Crippen molar-refractivity contribution in [3.8, 4) is 0 Å². The Morgan fingerprint density at radius 2 is 1.52 bits per heavy atom. The number of hydrogen-bond acceptors (Lipinski definition) is 4. The number of nitrogens with zero attached hydrogens (tertiary/aromatic N) is 1. The van der Waals surface area contributed by atoms with Crippen molar-refractivity contribution in [2.45, 2.75) is 76.7 Å². The molecule has 0 radical (unpaired) electrons. The van der Waals surface area contributed by atoms with E-state index in [9.17, 15) is 16.8 Å². The summed E-state index contributed by atoms with van der Waals surface area (Å²) < 4.78 is 55.7. The molecule has 3 aliphatic rings. The van der Waals surface area contributed by atoms with Gasteiger partial charge in [-0.15, -0.1) is 0 Å². The lowest BCUT2D eigenvalue weighted by molar-refractivity contribution is 0.102. The largest absolute Gasteiger partial charge is 0.279 e. The van der Waals surface area contributed by atoms with Gasteiger partial charge in [0.2, 0.25) is 10.0 Å². The fourth-order valence-corrected chi connectivity index (χ4v) is 7.32. The fourth-order valence-electron chi connectivity index (χ4n) is 5.19. The second kappa shape index (κ2) is 8.65. The van der Waals surface area contributed by atoms with Gasteiger partial charge in [-0.3, -0.25) is 0 Å². The summed E-state index contributed by atoms with van der Waals surface area (Å²) in [4.78, 5) is 0. The van der Waals surface area contributed by atoms with Crippen LogP contribution in [0.25, 0.3) is 0 Å². The average Bonchev–Trinajstić information content (AvgIpc) is 2.61. The van der Waals surface area contributed by atoms with Crippen LogP contribution in [0, 0.1) is 11.3 Å². The molecular formula is C18H35N3O4S2. The highest BCUT2D eigenvalue weighted by atomic mass is 32.2. The van der Waals surface area contributed by atoms with Gasteiger partial charge in [0.15, 0.2) is 0 Å². The van der Waals surface area contributed by atoms with Crippen LogP contribution in [0.5, 0.6) is 0 Å². The van der Waals surface area contributed by atoms with E-state index in [4.69, 9.17) is 0 Å². The molecule has 7 nitrogen and oxygen atoms in total. The molecule has 0 amide bonds. The molecular weight excluding hydrogens is 386 g/mol. The number of hydrogen-bond donors (Lipinski definition) is 2. The second-order valence-electron chi connectivity index (χ2n) is 8.85. The summed E-state index contributed by atoms with van der Waals surface area (Å²) in [6, 6.07) is -0.177. The highest BCUT2D eigenvalue weighted by Crippen LogP contribution is 2.44. The van der Waals surface area contributed by atoms with Crippen molar-refractivity contribution >= 4 is 20.2 Å². The molecule has 2 atom stereocenters. The molecule has 0 aromatic carbocycles. The first-order valence-electron chi connectivity index (χ1n) is 10.4. The summed E-state index contributed by atoms with van der Waals surface area (Å²) in [6.07, 6.45) is 13.1. The lowest BCUT2D eigenvalue weighted by atomic mass is 9.68. The van der Waals surface area contributed by atoms with Crippen LogP contribution < -0.4 is 9.44 Å². The van der Waals surface area contributed by atoms with E-state index in [1.54, 1.807) is 4.31 Å². The summed E-state index contributed by atoms with van der Waals surface area (Å²) in [6.45, 7) is 1.51. The Hall–Kier alpha value is -0.220. The van der Waals surface area contributed by atoms with E-state index in [-0.39, 0.29) is 12.0 Å². The Bertz CT molecular complexity index is 692. The third-order valence-corrected chi connectivity index (χ3v) is 9.15. The molecule has 2 aliphatic carbocycles. The maximum absolute atomic E-state index is 12.8. The predicted molar refractivity (Wildman–Crippen MR) is 107 cm³/mol. The van der Waals surface area contributed by atoms with Gasteiger partial charge in [0.1, 0.15) is 0 Å². The van der Waals surface area contributed by atoms with Crippen LogP contribution in [-0.4, -0.2) is 53.1 Å². The Morgan fingerprint density at radius 3 is 2.15 bits per heavy atom. The monoisotopic (exact) mass is 421 g/mol. The maximum atomic E-state index is 12.8. The molecule has 0 aromatic heterocycles. The molecule has 3 rings (SSSR count). The van der Waals surface area contributed by atoms with Crippen LogP contribution in [0.1, 0.15) is 70.6 Å². The van der Waals surface area contributed by atoms with E-state index >= 15 is 0 Å². The second-order valence-corrected chi connectivity index (χ2v) is 12.4. The van der Waals surface area contributed by atoms with E-state index < -0.39 is 20.2 Å². The van der Waals surface area contributed by atoms with Crippen molar-refractivity contribution in [2.75, 3.05) is 25.9 Å². The van der Waals surface area contributed by atoms with Crippen molar-refractivity contribution in [2.24, 2.45) is 11.3 Å². The van der Waals surface area contributed by atoms with Crippen molar-refractivity contribution in [1.82, 2.24) is 13.7 Å². The van der Waals surface area contributed by atoms with Gasteiger partial charge >= 0.3 is 0 Å². The van der Waals surface area contributed by atoms with E-state index in [0.717, 1.165) is 44.8 Å². The number of piperidine rings is 1. The number of sulfonamides is 1. The molecule has 2 saturated carbocycles. The summed E-state index contributed by atoms with van der Waals surface area (Å²) in [5.41, 5.74) is 0.373. The summed E-state index contributed by atoms with van der Waals surface area (Å²) in [5.74, 6) is 0.0118. The van der Waals surface area contributed by atoms with Crippen LogP contribution in [0.2, 0.25) is 0 Å². The highest BCUT2D eigenvalue weighted by molar-refractivity contribution is 7.88. The van der Waals surface area contributed by atoms with Crippen molar-refractivity contribution in [3.63, 3.8) is 0 Å². The third kappa shape index (κ3) is 5.88. The van der Waals surface area contributed by atoms with Gasteiger partial charge in [-0.1, -0.05) is 32.1 Å². The predicted octanol–water partition coefficient (Wildman–Crippen LogP) is 1.98. The number of rotatable bonds is 6. The Balaban J connectivity index is 1.53. The first kappa shape index (κ1) is 21.5. The van der Waals surface area contributed by atoms with Gasteiger partial charge in [-0.05, 0) is 49.9 Å². The minimum Gasteiger partial charge on any atom is -0.213 e. The molecule has 1 heterocycles. The van der Waals surface area contributed by atoms with E-state index in [2.05, 4.69) is 9.44 Å². The normalized spacial score (nSPS) is 30.4. The zero-order valence-corrected chi connectivity index (χ0v) is 18.1. The maximum Gasteiger partial charge on any atom is 0.279 e. The van der Waals surface area contributed by atoms with Crippen molar-refractivity contribution in [3.05, 3.63) is 0 Å². The topological polar surface area (TPSA) is 95.6 Å². The van der Waals surface area contributed by atoms with E-state index in [1.165, 1.54) is 32.1 Å². The molecule has 158 valence electrons. The first-order valence-corrected chi connectivity index (χ1v) is 13.7. The molecule has 0 bridgehead atoms. The summed E-state index contributed by atoms with van der Waals surface area (Å²) >= 11 is 0. The first-order chi connectivity index (χ1) is 12.7. The van der Waals surface area contributed by atoms with Gasteiger partial charge in [0, 0.05) is 25.7 Å². The Kier molecular flexibility index (Phi) is 6.88. The molecule has 1 aliphatic heterocycles. The Morgan fingerprint density at radius 1 is 0.889 bits per heavy atom. The third-order valence-electron chi connectivity index (χ3n) is 6.84. The molecule has 1 saturated heterocycles. The number of nitrogens with one attached hydrogen (secondary N) is 2. The summed E-state index contributed by atoms with van der Waals surface area (Å²) in [5, 5.41) is 0. The van der Waals surface area contributed by atoms with E-state index in [1.807, 2.05) is 0 Å². The van der Waals surface area contributed by atoms with Gasteiger partial charge in [0.25, 0.3) is 10.2 Å². The van der Waals surface area contributed by atoms with Crippen molar-refractivity contribution in [1.29, 1.82) is 0 Å². The van der Waals surface area contributed by atoms with Gasteiger partial charge in [-0.25, -0.2) is 17.9 Å². The Labute approximate surface area is 164 Å². The minimum atomic E-state index is -3.50. The van der Waals surface area contributed by atoms with Crippen molar-refractivity contribution < 1.29 is 16.8 Å². The SMILES string of the molecule is CS(=O)(=O)NC1CCCCC1CNS(=O)(=O)N1CCC2(CCCCC2)CC1. The summed E-state index contributed by atoms with van der Waals surface area (Å²) in [7, 11) is -6.78. The standard InChI is InChI=1S/C18H35N3O4S2/c1-26(22,23)20-17-8-4-3-7-16(17)15-19-27(24,25)21-13-11-18(12-14-21)9-5-2-6-10-18/h16-17,19-20H,2-15H2,1H3. The van der Waals surface area contributed by atoms with E-state index in [0.29, 0.717) is 25.0 Å². The smallest absolute Gasteiger partial charge is 0.213 e. The minimum absolute atomic E-state index is 0.0118. The lowest BCUT2D eigenvalue weighted by Crippen LogP contribution is -2.51. The van der Waals surface area contributed by atoms with Crippen LogP contribution in [0.3, 0.4) is 0 Å². The lowest BCUT2D eigenvalue weighted by Gasteiger charge is -2.43. The highest BCUT2D eigenvalue weighted by Gasteiger charge is 2.39. The van der Waals surface area contributed by atoms with Crippen LogP contribution >= 0.6 is 0 Å². The quantitative estimate of drug-likeness (QED) is 0.685. The zero-order chi connectivity index (χ0) is 19.5. The molecule has 2 N–H and O–H groups in total. The zero-order valence-electron chi connectivity index (χ0n) is 16.5. The van der Waals surface area contributed by atoms with Gasteiger partial charge in [-0.2, -0.15) is 12.7 Å².